The highest BCUT2D eigenvalue weighted by Crippen LogP contribution is 2.31. The van der Waals surface area contributed by atoms with E-state index in [2.05, 4.69) is 48.4 Å². The molecule has 0 fully saturated rings. The molecule has 2 rings (SSSR count). The van der Waals surface area contributed by atoms with Gasteiger partial charge in [-0.15, -0.1) is 0 Å². The number of aromatic nitrogens is 1. The Morgan fingerprint density at radius 1 is 1.24 bits per heavy atom. The van der Waals surface area contributed by atoms with Crippen molar-refractivity contribution in [3.8, 4) is 10.4 Å². The van der Waals surface area contributed by atoms with Gasteiger partial charge in [-0.2, -0.15) is 0 Å². The van der Waals surface area contributed by atoms with Crippen LogP contribution in [-0.4, -0.2) is 11.5 Å². The molecule has 1 N–H and O–H groups in total. The number of benzene rings is 1. The molecular formula is C14H18N2S. The molecule has 1 heterocycles. The summed E-state index contributed by atoms with van der Waals surface area (Å²) in [7, 11) is 0. The van der Waals surface area contributed by atoms with Gasteiger partial charge in [0.1, 0.15) is 0 Å². The Bertz CT molecular complexity index is 477. The zero-order chi connectivity index (χ0) is 12.1. The first kappa shape index (κ1) is 12.1. The van der Waals surface area contributed by atoms with Crippen molar-refractivity contribution in [2.75, 3.05) is 11.9 Å². The van der Waals surface area contributed by atoms with Gasteiger partial charge in [-0.3, -0.25) is 0 Å². The molecule has 1 aromatic heterocycles. The van der Waals surface area contributed by atoms with Gasteiger partial charge < -0.3 is 5.32 Å². The largest absolute Gasteiger partial charge is 0.362 e. The lowest BCUT2D eigenvalue weighted by atomic mass is 10.0. The average molecular weight is 246 g/mol. The van der Waals surface area contributed by atoms with Gasteiger partial charge in [0.25, 0.3) is 0 Å². The first-order valence-electron chi connectivity index (χ1n) is 6.13. The number of rotatable bonds is 5. The monoisotopic (exact) mass is 246 g/mol. The number of thiazole rings is 1. The van der Waals surface area contributed by atoms with Crippen molar-refractivity contribution in [3.63, 3.8) is 0 Å². The van der Waals surface area contributed by atoms with Crippen LogP contribution in [0.1, 0.15) is 25.8 Å². The SMILES string of the molecule is CCCNc1ncc(-c2ccccc2CC)s1. The summed E-state index contributed by atoms with van der Waals surface area (Å²) in [6.45, 7) is 5.34. The third kappa shape index (κ3) is 2.86. The summed E-state index contributed by atoms with van der Waals surface area (Å²) in [4.78, 5) is 5.66. The summed E-state index contributed by atoms with van der Waals surface area (Å²) >= 11 is 1.73. The summed E-state index contributed by atoms with van der Waals surface area (Å²) < 4.78 is 0. The van der Waals surface area contributed by atoms with Gasteiger partial charge in [0.15, 0.2) is 5.13 Å². The fraction of sp³-hybridized carbons (Fsp3) is 0.357. The molecule has 2 nitrogen and oxygen atoms in total. The maximum atomic E-state index is 4.41. The third-order valence-electron chi connectivity index (χ3n) is 2.70. The first-order chi connectivity index (χ1) is 8.35. The van der Waals surface area contributed by atoms with Crippen LogP contribution < -0.4 is 5.32 Å². The number of anilines is 1. The molecular weight excluding hydrogens is 228 g/mol. The molecule has 2 aromatic rings. The second kappa shape index (κ2) is 5.82. The summed E-state index contributed by atoms with van der Waals surface area (Å²) in [6.07, 6.45) is 4.16. The summed E-state index contributed by atoms with van der Waals surface area (Å²) in [5.41, 5.74) is 2.70. The maximum absolute atomic E-state index is 4.41. The Hall–Kier alpha value is -1.35. The molecule has 1 aromatic carbocycles. The fourth-order valence-corrected chi connectivity index (χ4v) is 2.68. The minimum atomic E-state index is 0.988. The van der Waals surface area contributed by atoms with Crippen LogP contribution in [0.2, 0.25) is 0 Å². The Morgan fingerprint density at radius 2 is 2.06 bits per heavy atom. The topological polar surface area (TPSA) is 24.9 Å². The van der Waals surface area contributed by atoms with Crippen molar-refractivity contribution >= 4 is 16.5 Å². The van der Waals surface area contributed by atoms with E-state index in [9.17, 15) is 0 Å². The molecule has 0 saturated carbocycles. The average Bonchev–Trinajstić information content (AvgIpc) is 2.85. The second-order valence-corrected chi connectivity index (χ2v) is 5.00. The standard InChI is InChI=1S/C14H18N2S/c1-3-9-15-14-16-10-13(17-14)12-8-6-5-7-11(12)4-2/h5-8,10H,3-4,9H2,1-2H3,(H,15,16). The van der Waals surface area contributed by atoms with E-state index in [0.29, 0.717) is 0 Å². The Kier molecular flexibility index (Phi) is 4.15. The highest BCUT2D eigenvalue weighted by molar-refractivity contribution is 7.18. The zero-order valence-electron chi connectivity index (χ0n) is 10.4. The molecule has 0 aliphatic heterocycles. The minimum Gasteiger partial charge on any atom is -0.362 e. The van der Waals surface area contributed by atoms with Gasteiger partial charge in [0.05, 0.1) is 4.88 Å². The van der Waals surface area contributed by atoms with Gasteiger partial charge in [-0.05, 0) is 24.0 Å². The quantitative estimate of drug-likeness (QED) is 0.855. The second-order valence-electron chi connectivity index (χ2n) is 3.97. The molecule has 0 aliphatic carbocycles. The van der Waals surface area contributed by atoms with Crippen molar-refractivity contribution in [2.24, 2.45) is 0 Å². The first-order valence-corrected chi connectivity index (χ1v) is 6.94. The Labute approximate surface area is 107 Å². The highest BCUT2D eigenvalue weighted by atomic mass is 32.1. The Morgan fingerprint density at radius 3 is 2.82 bits per heavy atom. The maximum Gasteiger partial charge on any atom is 0.183 e. The van der Waals surface area contributed by atoms with Crippen LogP contribution in [0, 0.1) is 0 Å². The van der Waals surface area contributed by atoms with Crippen LogP contribution in [0.4, 0.5) is 5.13 Å². The van der Waals surface area contributed by atoms with E-state index < -0.39 is 0 Å². The van der Waals surface area contributed by atoms with E-state index in [0.717, 1.165) is 24.5 Å². The number of nitrogens with zero attached hydrogens (tertiary/aromatic N) is 1. The van der Waals surface area contributed by atoms with Crippen molar-refractivity contribution in [3.05, 3.63) is 36.0 Å². The van der Waals surface area contributed by atoms with E-state index in [1.54, 1.807) is 11.3 Å². The Balaban J connectivity index is 2.24. The van der Waals surface area contributed by atoms with Crippen LogP contribution >= 0.6 is 11.3 Å². The molecule has 0 radical (unpaired) electrons. The normalized spacial score (nSPS) is 10.5. The van der Waals surface area contributed by atoms with Crippen LogP contribution in [0.5, 0.6) is 0 Å². The molecule has 0 amide bonds. The highest BCUT2D eigenvalue weighted by Gasteiger charge is 2.07. The third-order valence-corrected chi connectivity index (χ3v) is 3.68. The van der Waals surface area contributed by atoms with Crippen molar-refractivity contribution in [2.45, 2.75) is 26.7 Å². The minimum absolute atomic E-state index is 0.988. The van der Waals surface area contributed by atoms with Gasteiger partial charge in [-0.1, -0.05) is 49.4 Å². The van der Waals surface area contributed by atoms with Gasteiger partial charge in [0.2, 0.25) is 0 Å². The number of hydrogen-bond donors (Lipinski definition) is 1. The molecule has 90 valence electrons. The summed E-state index contributed by atoms with van der Waals surface area (Å²) in [5.74, 6) is 0. The van der Waals surface area contributed by atoms with Crippen molar-refractivity contribution in [1.82, 2.24) is 4.98 Å². The lowest BCUT2D eigenvalue weighted by Gasteiger charge is -2.03. The summed E-state index contributed by atoms with van der Waals surface area (Å²) in [6, 6.07) is 8.55. The van der Waals surface area contributed by atoms with Crippen LogP contribution in [-0.2, 0) is 6.42 Å². The molecule has 0 spiro atoms. The smallest absolute Gasteiger partial charge is 0.183 e. The lowest BCUT2D eigenvalue weighted by Crippen LogP contribution is -1.97. The van der Waals surface area contributed by atoms with Crippen LogP contribution in [0.15, 0.2) is 30.5 Å². The van der Waals surface area contributed by atoms with Gasteiger partial charge in [-0.25, -0.2) is 4.98 Å². The number of nitrogens with one attached hydrogen (secondary N) is 1. The number of hydrogen-bond acceptors (Lipinski definition) is 3. The van der Waals surface area contributed by atoms with Crippen LogP contribution in [0.25, 0.3) is 10.4 Å². The molecule has 0 atom stereocenters. The van der Waals surface area contributed by atoms with E-state index in [-0.39, 0.29) is 0 Å². The van der Waals surface area contributed by atoms with Crippen molar-refractivity contribution < 1.29 is 0 Å². The van der Waals surface area contributed by atoms with Crippen LogP contribution in [0.3, 0.4) is 0 Å². The molecule has 17 heavy (non-hydrogen) atoms. The lowest BCUT2D eigenvalue weighted by molar-refractivity contribution is 0.976. The molecule has 0 unspecified atom stereocenters. The van der Waals surface area contributed by atoms with Gasteiger partial charge in [0, 0.05) is 12.7 Å². The number of aryl methyl sites for hydroxylation is 1. The van der Waals surface area contributed by atoms with E-state index in [1.165, 1.54) is 16.0 Å². The van der Waals surface area contributed by atoms with Crippen molar-refractivity contribution in [1.29, 1.82) is 0 Å². The van der Waals surface area contributed by atoms with E-state index in [4.69, 9.17) is 0 Å². The van der Waals surface area contributed by atoms with Gasteiger partial charge >= 0.3 is 0 Å². The van der Waals surface area contributed by atoms with E-state index >= 15 is 0 Å². The molecule has 0 aliphatic rings. The fourth-order valence-electron chi connectivity index (χ4n) is 1.78. The predicted molar refractivity (Wildman–Crippen MR) is 75.7 cm³/mol. The molecule has 0 saturated heterocycles. The zero-order valence-corrected chi connectivity index (χ0v) is 11.2. The molecule has 0 bridgehead atoms. The summed E-state index contributed by atoms with van der Waals surface area (Å²) in [5, 5.41) is 4.35. The molecule has 3 heteroatoms. The predicted octanol–water partition coefficient (Wildman–Crippen LogP) is 4.19. The van der Waals surface area contributed by atoms with E-state index in [1.807, 2.05) is 6.20 Å².